The minimum absolute atomic E-state index is 0.0185. The van der Waals surface area contributed by atoms with Gasteiger partial charge in [0.25, 0.3) is 0 Å². The summed E-state index contributed by atoms with van der Waals surface area (Å²) in [6, 6.07) is 9.65. The summed E-state index contributed by atoms with van der Waals surface area (Å²) < 4.78 is 4.85. The van der Waals surface area contributed by atoms with Crippen molar-refractivity contribution < 1.29 is 24.5 Å². The standard InChI is InChI=1S/C21H25NO5/c23-19(15-17-7-2-1-3-8-17)12-11-18-9-6-10-20(24)22(18)13-4-5-14-27-16-21(25)26/h1-3,7-8,11-12,18-19,23H,6,9-10,13-16H2,(H,25,26)/t18-,19?/m1/s1. The molecule has 2 N–H and O–H groups in total. The lowest BCUT2D eigenvalue weighted by molar-refractivity contribution is -0.141. The summed E-state index contributed by atoms with van der Waals surface area (Å²) in [5.41, 5.74) is 1.05. The molecule has 144 valence electrons. The van der Waals surface area contributed by atoms with Crippen LogP contribution in [0.25, 0.3) is 0 Å². The lowest BCUT2D eigenvalue weighted by atomic mass is 9.99. The molecule has 1 unspecified atom stereocenters. The number of nitrogens with zero attached hydrogens (tertiary/aromatic N) is 1. The minimum atomic E-state index is -1.04. The van der Waals surface area contributed by atoms with Gasteiger partial charge in [0.2, 0.25) is 5.91 Å². The van der Waals surface area contributed by atoms with Gasteiger partial charge in [0.1, 0.15) is 13.2 Å². The summed E-state index contributed by atoms with van der Waals surface area (Å²) in [4.78, 5) is 24.2. The number of carbonyl (C=O) groups is 2. The molecule has 1 aliphatic heterocycles. The van der Waals surface area contributed by atoms with Crippen LogP contribution in [0, 0.1) is 11.8 Å². The van der Waals surface area contributed by atoms with Gasteiger partial charge in [-0.25, -0.2) is 4.79 Å². The molecule has 1 saturated heterocycles. The number of aliphatic carboxylic acids is 1. The smallest absolute Gasteiger partial charge is 0.329 e. The summed E-state index contributed by atoms with van der Waals surface area (Å²) >= 11 is 0. The summed E-state index contributed by atoms with van der Waals surface area (Å²) in [5, 5.41) is 18.7. The Morgan fingerprint density at radius 2 is 2.11 bits per heavy atom. The molecule has 0 spiro atoms. The van der Waals surface area contributed by atoms with Gasteiger partial charge in [-0.05, 0) is 18.4 Å². The van der Waals surface area contributed by atoms with Crippen LogP contribution in [0.5, 0.6) is 0 Å². The monoisotopic (exact) mass is 371 g/mol. The van der Waals surface area contributed by atoms with Crippen LogP contribution in [0.3, 0.4) is 0 Å². The van der Waals surface area contributed by atoms with Crippen molar-refractivity contribution in [1.29, 1.82) is 0 Å². The van der Waals surface area contributed by atoms with E-state index in [9.17, 15) is 14.7 Å². The number of carbonyl (C=O) groups excluding carboxylic acids is 1. The van der Waals surface area contributed by atoms with E-state index >= 15 is 0 Å². The fourth-order valence-electron chi connectivity index (χ4n) is 2.91. The summed E-state index contributed by atoms with van der Waals surface area (Å²) in [6.45, 7) is -0.105. The Hall–Kier alpha value is -2.62. The van der Waals surface area contributed by atoms with Crippen molar-refractivity contribution in [1.82, 2.24) is 4.90 Å². The van der Waals surface area contributed by atoms with Crippen molar-refractivity contribution in [3.8, 4) is 11.8 Å². The van der Waals surface area contributed by atoms with Gasteiger partial charge in [-0.2, -0.15) is 0 Å². The number of aliphatic hydroxyl groups is 1. The highest BCUT2D eigenvalue weighted by Crippen LogP contribution is 2.19. The first-order valence-electron chi connectivity index (χ1n) is 9.01. The fourth-order valence-corrected chi connectivity index (χ4v) is 2.91. The van der Waals surface area contributed by atoms with Crippen LogP contribution in [-0.2, 0) is 20.7 Å². The van der Waals surface area contributed by atoms with Gasteiger partial charge in [0.05, 0.1) is 18.7 Å². The average Bonchev–Trinajstić information content (AvgIpc) is 2.65. The van der Waals surface area contributed by atoms with Crippen LogP contribution in [-0.4, -0.2) is 58.9 Å². The van der Waals surface area contributed by atoms with Gasteiger partial charge in [0.15, 0.2) is 0 Å². The van der Waals surface area contributed by atoms with Crippen LogP contribution < -0.4 is 0 Å². The maximum atomic E-state index is 12.2. The molecule has 0 saturated carbocycles. The van der Waals surface area contributed by atoms with E-state index < -0.39 is 12.1 Å². The van der Waals surface area contributed by atoms with E-state index in [0.29, 0.717) is 12.8 Å². The van der Waals surface area contributed by atoms with E-state index in [4.69, 9.17) is 9.84 Å². The molecule has 1 fully saturated rings. The van der Waals surface area contributed by atoms with Gasteiger partial charge in [-0.15, -0.1) is 0 Å². The van der Waals surface area contributed by atoms with E-state index in [1.165, 1.54) is 0 Å². The number of carboxylic acids is 1. The quantitative estimate of drug-likeness (QED) is 0.412. The molecular formula is C21H25NO5. The Balaban J connectivity index is 1.87. The lowest BCUT2D eigenvalue weighted by Crippen LogP contribution is -2.42. The number of carboxylic acid groups (broad SMARTS) is 1. The normalized spacial score (nSPS) is 18.2. The van der Waals surface area contributed by atoms with Gasteiger partial charge in [-0.1, -0.05) is 54.3 Å². The molecule has 1 aromatic rings. The van der Waals surface area contributed by atoms with E-state index in [0.717, 1.165) is 18.4 Å². The number of hydrogen-bond donors (Lipinski definition) is 2. The highest BCUT2D eigenvalue weighted by molar-refractivity contribution is 5.78. The predicted octanol–water partition coefficient (Wildman–Crippen LogP) is 1.63. The average molecular weight is 371 g/mol. The maximum absolute atomic E-state index is 12.2. The van der Waals surface area contributed by atoms with E-state index in [1.54, 1.807) is 11.0 Å². The Bertz CT molecular complexity index is 704. The van der Waals surface area contributed by atoms with Gasteiger partial charge in [-0.3, -0.25) is 4.79 Å². The van der Waals surface area contributed by atoms with Crippen molar-refractivity contribution in [2.24, 2.45) is 0 Å². The fraction of sp³-hybridized carbons (Fsp3) is 0.429. The van der Waals surface area contributed by atoms with Crippen LogP contribution in [0.1, 0.15) is 24.8 Å². The SMILES string of the molecule is O=C(O)COCC#CCN1C(=O)CCC[C@@H]1C=CC(O)Cc1ccccc1. The molecule has 1 aromatic carbocycles. The lowest BCUT2D eigenvalue weighted by Gasteiger charge is -2.32. The molecule has 0 aliphatic carbocycles. The zero-order chi connectivity index (χ0) is 19.5. The Labute approximate surface area is 159 Å². The molecule has 6 heteroatoms. The number of benzene rings is 1. The largest absolute Gasteiger partial charge is 0.480 e. The molecule has 6 nitrogen and oxygen atoms in total. The second-order valence-corrected chi connectivity index (χ2v) is 6.36. The number of ether oxygens (including phenoxy) is 1. The number of amides is 1. The first-order valence-corrected chi connectivity index (χ1v) is 9.01. The molecule has 0 aromatic heterocycles. The molecule has 1 aliphatic rings. The molecule has 0 radical (unpaired) electrons. The van der Waals surface area contributed by atoms with Gasteiger partial charge in [0, 0.05) is 12.8 Å². The summed E-state index contributed by atoms with van der Waals surface area (Å²) in [6.07, 6.45) is 5.68. The molecular weight excluding hydrogens is 346 g/mol. The van der Waals surface area contributed by atoms with Crippen molar-refractivity contribution in [3.05, 3.63) is 48.0 Å². The Kier molecular flexibility index (Phi) is 8.56. The maximum Gasteiger partial charge on any atom is 0.329 e. The predicted molar refractivity (Wildman–Crippen MR) is 101 cm³/mol. The third kappa shape index (κ3) is 7.65. The van der Waals surface area contributed by atoms with Crippen LogP contribution in [0.4, 0.5) is 0 Å². The number of likely N-dealkylation sites (tertiary alicyclic amines) is 1. The zero-order valence-electron chi connectivity index (χ0n) is 15.2. The molecule has 2 atom stereocenters. The third-order valence-electron chi connectivity index (χ3n) is 4.23. The topological polar surface area (TPSA) is 87.1 Å². The number of aliphatic hydroxyl groups excluding tert-OH is 1. The summed E-state index contributed by atoms with van der Waals surface area (Å²) in [5.74, 6) is 4.58. The van der Waals surface area contributed by atoms with Gasteiger partial charge < -0.3 is 19.8 Å². The van der Waals surface area contributed by atoms with Crippen LogP contribution in [0.2, 0.25) is 0 Å². The van der Waals surface area contributed by atoms with Crippen molar-refractivity contribution >= 4 is 11.9 Å². The van der Waals surface area contributed by atoms with Crippen LogP contribution in [0.15, 0.2) is 42.5 Å². The highest BCUT2D eigenvalue weighted by Gasteiger charge is 2.25. The molecule has 1 amide bonds. The second-order valence-electron chi connectivity index (χ2n) is 6.36. The zero-order valence-corrected chi connectivity index (χ0v) is 15.2. The van der Waals surface area contributed by atoms with Gasteiger partial charge >= 0.3 is 5.97 Å². The number of piperidine rings is 1. The first kappa shape index (κ1) is 20.7. The first-order chi connectivity index (χ1) is 13.1. The van der Waals surface area contributed by atoms with E-state index in [2.05, 4.69) is 11.8 Å². The second kappa shape index (κ2) is 11.2. The molecule has 1 heterocycles. The Morgan fingerprint density at radius 3 is 2.85 bits per heavy atom. The van der Waals surface area contributed by atoms with Crippen LogP contribution >= 0.6 is 0 Å². The number of hydrogen-bond acceptors (Lipinski definition) is 4. The van der Waals surface area contributed by atoms with Crippen molar-refractivity contribution in [3.63, 3.8) is 0 Å². The minimum Gasteiger partial charge on any atom is -0.480 e. The molecule has 27 heavy (non-hydrogen) atoms. The summed E-state index contributed by atoms with van der Waals surface area (Å²) in [7, 11) is 0. The van der Waals surface area contributed by atoms with Crippen molar-refractivity contribution in [2.45, 2.75) is 37.8 Å². The van der Waals surface area contributed by atoms with E-state index in [1.807, 2.05) is 36.4 Å². The number of rotatable bonds is 8. The highest BCUT2D eigenvalue weighted by atomic mass is 16.5. The third-order valence-corrected chi connectivity index (χ3v) is 4.23. The molecule has 0 bridgehead atoms. The van der Waals surface area contributed by atoms with E-state index in [-0.39, 0.29) is 31.7 Å². The molecule has 2 rings (SSSR count). The van der Waals surface area contributed by atoms with Crippen molar-refractivity contribution in [2.75, 3.05) is 19.8 Å². The Morgan fingerprint density at radius 1 is 1.33 bits per heavy atom.